The molecule has 2 aromatic heterocycles. The summed E-state index contributed by atoms with van der Waals surface area (Å²) in [5.74, 6) is -0.191. The normalized spacial score (nSPS) is 11.2. The lowest BCUT2D eigenvalue weighted by Gasteiger charge is -2.15. The van der Waals surface area contributed by atoms with Crippen molar-refractivity contribution >= 4 is 46.1 Å². The van der Waals surface area contributed by atoms with Crippen molar-refractivity contribution < 1.29 is 19.2 Å². The Morgan fingerprint density at radius 3 is 2.57 bits per heavy atom. The van der Waals surface area contributed by atoms with Gasteiger partial charge >= 0.3 is 7.12 Å². The van der Waals surface area contributed by atoms with Crippen molar-refractivity contribution in [1.82, 2.24) is 14.5 Å². The highest BCUT2D eigenvalue weighted by atomic mass is 19.1. The van der Waals surface area contributed by atoms with Crippen LogP contribution in [0.5, 0.6) is 0 Å². The van der Waals surface area contributed by atoms with Gasteiger partial charge in [0.1, 0.15) is 11.6 Å². The van der Waals surface area contributed by atoms with Crippen molar-refractivity contribution in [1.29, 1.82) is 0 Å². The fraction of sp³-hybridized carbons (Fsp3) is 0.0800. The number of carbonyl (C=O) groups excluding carboxylic acids is 1. The zero-order valence-corrected chi connectivity index (χ0v) is 18.7. The van der Waals surface area contributed by atoms with Crippen LogP contribution < -0.4 is 16.5 Å². The molecule has 0 saturated carbocycles. The first-order valence-electron chi connectivity index (χ1n) is 10.9. The maximum Gasteiger partial charge on any atom is 0.490 e. The molecule has 3 aromatic carbocycles. The third-order valence-corrected chi connectivity index (χ3v) is 5.87. The lowest BCUT2D eigenvalue weighted by Crippen LogP contribution is -2.31. The molecule has 0 aliphatic heterocycles. The Bertz CT molecular complexity index is 1600. The minimum Gasteiger partial charge on any atom is -0.423 e. The van der Waals surface area contributed by atoms with Crippen molar-refractivity contribution in [2.45, 2.75) is 13.5 Å². The van der Waals surface area contributed by atoms with Crippen LogP contribution in [0.3, 0.4) is 0 Å². The highest BCUT2D eigenvalue weighted by Gasteiger charge is 2.21. The summed E-state index contributed by atoms with van der Waals surface area (Å²) in [6, 6.07) is 18.3. The highest BCUT2D eigenvalue weighted by molar-refractivity contribution is 6.61. The van der Waals surface area contributed by atoms with Gasteiger partial charge in [-0.1, -0.05) is 30.3 Å². The van der Waals surface area contributed by atoms with Gasteiger partial charge in [0.15, 0.2) is 0 Å². The van der Waals surface area contributed by atoms with Gasteiger partial charge in [-0.2, -0.15) is 4.98 Å². The number of nitrogens with zero attached hydrogens (tertiary/aromatic N) is 3. The first-order chi connectivity index (χ1) is 16.8. The van der Waals surface area contributed by atoms with Gasteiger partial charge in [-0.05, 0) is 48.9 Å². The van der Waals surface area contributed by atoms with Crippen molar-refractivity contribution in [3.8, 4) is 5.95 Å². The first-order valence-corrected chi connectivity index (χ1v) is 10.9. The molecule has 0 spiro atoms. The Morgan fingerprint density at radius 1 is 1.06 bits per heavy atom. The number of nitrogens with two attached hydrogens (primary N) is 1. The summed E-state index contributed by atoms with van der Waals surface area (Å²) >= 11 is 0. The quantitative estimate of drug-likeness (QED) is 0.283. The number of aromatic nitrogens is 3. The van der Waals surface area contributed by atoms with Crippen molar-refractivity contribution in [2.24, 2.45) is 5.73 Å². The van der Waals surface area contributed by atoms with E-state index in [1.54, 1.807) is 47.0 Å². The smallest absolute Gasteiger partial charge is 0.423 e. The Balaban J connectivity index is 1.72. The van der Waals surface area contributed by atoms with E-state index in [0.29, 0.717) is 38.8 Å². The number of hydrogen-bond acceptors (Lipinski definition) is 6. The fourth-order valence-electron chi connectivity index (χ4n) is 4.28. The molecule has 2 heterocycles. The van der Waals surface area contributed by atoms with Crippen molar-refractivity contribution in [3.05, 3.63) is 89.4 Å². The predicted molar refractivity (Wildman–Crippen MR) is 133 cm³/mol. The molecule has 174 valence electrons. The van der Waals surface area contributed by atoms with E-state index in [4.69, 9.17) is 10.7 Å². The van der Waals surface area contributed by atoms with Gasteiger partial charge in [0, 0.05) is 34.0 Å². The van der Waals surface area contributed by atoms with Gasteiger partial charge in [-0.3, -0.25) is 9.36 Å². The molecule has 0 aliphatic carbocycles. The average molecular weight is 469 g/mol. The number of rotatable bonds is 6. The number of anilines is 1. The Kier molecular flexibility index (Phi) is 5.68. The Morgan fingerprint density at radius 2 is 1.83 bits per heavy atom. The molecular formula is C25H21BFN5O3. The highest BCUT2D eigenvalue weighted by Crippen LogP contribution is 2.28. The number of benzene rings is 3. The third kappa shape index (κ3) is 4.09. The number of para-hydroxylation sites is 1. The zero-order valence-electron chi connectivity index (χ0n) is 18.7. The van der Waals surface area contributed by atoms with Gasteiger partial charge in [0.2, 0.25) is 11.9 Å². The molecule has 0 unspecified atom stereocenters. The van der Waals surface area contributed by atoms with E-state index >= 15 is 0 Å². The van der Waals surface area contributed by atoms with E-state index in [9.17, 15) is 19.2 Å². The van der Waals surface area contributed by atoms with Crippen LogP contribution in [-0.2, 0) is 6.54 Å². The average Bonchev–Trinajstić information content (AvgIpc) is 3.17. The topological polar surface area (TPSA) is 126 Å². The summed E-state index contributed by atoms with van der Waals surface area (Å²) in [6.45, 7) is 2.14. The lowest BCUT2D eigenvalue weighted by molar-refractivity contribution is 0.100. The van der Waals surface area contributed by atoms with Crippen LogP contribution in [0.4, 0.5) is 10.2 Å². The maximum absolute atomic E-state index is 13.7. The second kappa shape index (κ2) is 8.82. The van der Waals surface area contributed by atoms with Gasteiger partial charge in [0.25, 0.3) is 0 Å². The first kappa shape index (κ1) is 22.5. The van der Waals surface area contributed by atoms with E-state index < -0.39 is 13.0 Å². The van der Waals surface area contributed by atoms with Crippen LogP contribution in [0.15, 0.2) is 66.7 Å². The molecule has 0 saturated heterocycles. The molecule has 35 heavy (non-hydrogen) atoms. The van der Waals surface area contributed by atoms with Crippen LogP contribution in [0, 0.1) is 12.7 Å². The van der Waals surface area contributed by atoms with Crippen LogP contribution in [0.2, 0.25) is 0 Å². The van der Waals surface area contributed by atoms with E-state index in [2.05, 4.69) is 10.3 Å². The molecule has 8 nitrogen and oxygen atoms in total. The number of primary amides is 1. The number of carbonyl (C=O) groups is 1. The van der Waals surface area contributed by atoms with E-state index in [-0.39, 0.29) is 23.8 Å². The number of amides is 1. The van der Waals surface area contributed by atoms with E-state index in [1.165, 1.54) is 12.1 Å². The number of fused-ring (bicyclic) bond motifs is 2. The molecule has 0 fully saturated rings. The molecule has 5 N–H and O–H groups in total. The molecule has 0 atom stereocenters. The number of halogens is 1. The van der Waals surface area contributed by atoms with Crippen LogP contribution in [0.1, 0.15) is 21.6 Å². The van der Waals surface area contributed by atoms with E-state index in [1.807, 2.05) is 19.1 Å². The molecule has 1 amide bonds. The molecule has 5 aromatic rings. The maximum atomic E-state index is 13.7. The Hall–Kier alpha value is -4.28. The second-order valence-electron chi connectivity index (χ2n) is 8.20. The largest absolute Gasteiger partial charge is 0.490 e. The van der Waals surface area contributed by atoms with Crippen LogP contribution in [-0.4, -0.2) is 37.6 Å². The summed E-state index contributed by atoms with van der Waals surface area (Å²) in [5.41, 5.74) is 8.65. The molecule has 0 radical (unpaired) electrons. The summed E-state index contributed by atoms with van der Waals surface area (Å²) in [7, 11) is -1.75. The standard InChI is InChI=1S/C25H21BFN5O3/c1-14-11-19-17(23(28)33)7-4-10-21(19)32(14)25-30-22-18(8-3-9-20(22)26(34)35)24(31-25)29-13-15-5-2-6-16(27)12-15/h2-12,34-35H,13H2,1H3,(H2,28,33)(H,29,30,31). The summed E-state index contributed by atoms with van der Waals surface area (Å²) < 4.78 is 15.4. The SMILES string of the molecule is Cc1cc2c(C(N)=O)cccc2n1-c1nc(NCc2cccc(F)c2)c2cccc(B(O)O)c2n1. The predicted octanol–water partition coefficient (Wildman–Crippen LogP) is 2.41. The van der Waals surface area contributed by atoms with Crippen LogP contribution >= 0.6 is 0 Å². The van der Waals surface area contributed by atoms with Gasteiger partial charge in [-0.15, -0.1) is 0 Å². The summed E-state index contributed by atoms with van der Waals surface area (Å²) in [6.07, 6.45) is 0. The van der Waals surface area contributed by atoms with Gasteiger partial charge in [0.05, 0.1) is 11.0 Å². The summed E-state index contributed by atoms with van der Waals surface area (Å²) in [5, 5.41) is 24.4. The number of aryl methyl sites for hydroxylation is 1. The fourth-order valence-corrected chi connectivity index (χ4v) is 4.28. The molecule has 0 aliphatic rings. The Labute approximate surface area is 200 Å². The minimum atomic E-state index is -1.75. The second-order valence-corrected chi connectivity index (χ2v) is 8.20. The lowest BCUT2D eigenvalue weighted by atomic mass is 9.79. The third-order valence-electron chi connectivity index (χ3n) is 5.87. The van der Waals surface area contributed by atoms with Crippen molar-refractivity contribution in [2.75, 3.05) is 5.32 Å². The molecular weight excluding hydrogens is 448 g/mol. The monoisotopic (exact) mass is 469 g/mol. The molecule has 5 rings (SSSR count). The van der Waals surface area contributed by atoms with E-state index in [0.717, 1.165) is 5.69 Å². The van der Waals surface area contributed by atoms with Crippen molar-refractivity contribution in [3.63, 3.8) is 0 Å². The summed E-state index contributed by atoms with van der Waals surface area (Å²) in [4.78, 5) is 21.4. The molecule has 10 heteroatoms. The number of nitrogens with one attached hydrogen (secondary N) is 1. The van der Waals surface area contributed by atoms with Gasteiger partial charge in [-0.25, -0.2) is 9.37 Å². The zero-order chi connectivity index (χ0) is 24.7. The number of hydrogen-bond donors (Lipinski definition) is 4. The molecule has 0 bridgehead atoms. The van der Waals surface area contributed by atoms with Crippen LogP contribution in [0.25, 0.3) is 27.8 Å². The minimum absolute atomic E-state index is 0.215. The van der Waals surface area contributed by atoms with Gasteiger partial charge < -0.3 is 21.1 Å².